The van der Waals surface area contributed by atoms with E-state index in [1.54, 1.807) is 0 Å². The number of rotatable bonds is 6. The summed E-state index contributed by atoms with van der Waals surface area (Å²) >= 11 is 0. The number of aliphatic hydroxyl groups is 2. The number of hydrogen-bond acceptors (Lipinski definition) is 8. The van der Waals surface area contributed by atoms with Gasteiger partial charge >= 0.3 is 11.7 Å². The average Bonchev–Trinajstić information content (AvgIpc) is 3.01. The third kappa shape index (κ3) is 5.65. The highest BCUT2D eigenvalue weighted by Gasteiger charge is 2.35. The lowest BCUT2D eigenvalue weighted by atomic mass is 10.2. The molecule has 0 aliphatic carbocycles. The van der Waals surface area contributed by atoms with E-state index in [1.165, 1.54) is 6.20 Å². The van der Waals surface area contributed by atoms with Crippen LogP contribution in [0.3, 0.4) is 0 Å². The van der Waals surface area contributed by atoms with E-state index >= 15 is 0 Å². The number of carboxylic acids is 1. The van der Waals surface area contributed by atoms with Crippen molar-refractivity contribution in [3.05, 3.63) is 34.4 Å². The molecule has 0 aromatic carbocycles. The van der Waals surface area contributed by atoms with Gasteiger partial charge in [-0.2, -0.15) is 4.98 Å². The van der Waals surface area contributed by atoms with Gasteiger partial charge in [-0.1, -0.05) is 11.8 Å². The molecule has 28 heavy (non-hydrogen) atoms. The third-order valence-electron chi connectivity index (χ3n) is 3.83. The van der Waals surface area contributed by atoms with Gasteiger partial charge in [0.1, 0.15) is 18.1 Å². The van der Waals surface area contributed by atoms with Crippen molar-refractivity contribution in [1.82, 2.24) is 14.9 Å². The van der Waals surface area contributed by atoms with Gasteiger partial charge in [0, 0.05) is 37.7 Å². The molecule has 0 unspecified atom stereocenters. The predicted molar refractivity (Wildman–Crippen MR) is 95.8 cm³/mol. The molecule has 1 aromatic heterocycles. The van der Waals surface area contributed by atoms with Crippen LogP contribution in [-0.2, 0) is 14.3 Å². The Kier molecular flexibility index (Phi) is 7.28. The van der Waals surface area contributed by atoms with Crippen molar-refractivity contribution in [2.24, 2.45) is 0 Å². The van der Waals surface area contributed by atoms with Crippen LogP contribution in [0.1, 0.15) is 24.6 Å². The summed E-state index contributed by atoms with van der Waals surface area (Å²) in [5.74, 6) is 3.64. The van der Waals surface area contributed by atoms with Crippen molar-refractivity contribution >= 4 is 17.7 Å². The van der Waals surface area contributed by atoms with Crippen molar-refractivity contribution in [2.75, 3.05) is 18.9 Å². The molecule has 0 spiro atoms. The van der Waals surface area contributed by atoms with E-state index in [-0.39, 0.29) is 37.4 Å². The van der Waals surface area contributed by atoms with E-state index in [1.807, 2.05) is 0 Å². The Balaban J connectivity index is 2.01. The number of nitrogens with zero attached hydrogens (tertiary/aromatic N) is 2. The smallest absolute Gasteiger partial charge is 0.351 e. The van der Waals surface area contributed by atoms with Crippen LogP contribution in [0.5, 0.6) is 0 Å². The molecule has 2 heterocycles. The van der Waals surface area contributed by atoms with Crippen LogP contribution in [0.15, 0.2) is 23.1 Å². The maximum Gasteiger partial charge on any atom is 0.351 e. The van der Waals surface area contributed by atoms with Gasteiger partial charge in [0.25, 0.3) is 0 Å². The summed E-state index contributed by atoms with van der Waals surface area (Å²) in [5, 5.41) is 29.8. The highest BCUT2D eigenvalue weighted by Crippen LogP contribution is 2.27. The van der Waals surface area contributed by atoms with Crippen LogP contribution in [-0.4, -0.2) is 62.1 Å². The van der Waals surface area contributed by atoms with Crippen LogP contribution in [0.4, 0.5) is 5.82 Å². The molecule has 150 valence electrons. The molecule has 1 fully saturated rings. The molecule has 0 saturated carbocycles. The summed E-state index contributed by atoms with van der Waals surface area (Å²) in [6.45, 7) is -0.201. The number of aliphatic hydroxyl groups excluding tert-OH is 2. The van der Waals surface area contributed by atoms with Crippen LogP contribution in [0, 0.1) is 11.8 Å². The minimum Gasteiger partial charge on any atom is -0.478 e. The van der Waals surface area contributed by atoms with Gasteiger partial charge in [0.15, 0.2) is 0 Å². The van der Waals surface area contributed by atoms with Crippen molar-refractivity contribution in [3.8, 4) is 11.8 Å². The first-order chi connectivity index (χ1) is 13.3. The molecule has 0 radical (unpaired) electrons. The second kappa shape index (κ2) is 9.65. The Labute approximate surface area is 159 Å². The molecule has 1 aliphatic heterocycles. The maximum atomic E-state index is 12.0. The second-order valence-corrected chi connectivity index (χ2v) is 5.86. The molecule has 1 amide bonds. The topological polar surface area (TPSA) is 177 Å². The summed E-state index contributed by atoms with van der Waals surface area (Å²) in [4.78, 5) is 37.3. The Morgan fingerprint density at radius 2 is 2.21 bits per heavy atom. The predicted octanol–water partition coefficient (Wildman–Crippen LogP) is -2.04. The number of nitrogens with two attached hydrogens (primary N) is 1. The Bertz CT molecular complexity index is 884. The van der Waals surface area contributed by atoms with E-state index in [4.69, 9.17) is 20.7 Å². The molecular weight excluding hydrogens is 372 g/mol. The van der Waals surface area contributed by atoms with Gasteiger partial charge in [-0.05, 0) is 0 Å². The standard InChI is InChI=1S/C17H20N4O7/c18-16-10(3-1-2-6-19-13(24)4-5-15(25)26)8-21(17(27)20-16)14-7-11(23)12(9-22)28-14/h4-5,8,11-12,14,22-23H,2,6-7,9H2,(H,19,24)(H,25,26)(H2,18,20,27)/b5-4+/t11-,12+,14+/m0/s1. The molecule has 6 N–H and O–H groups in total. The van der Waals surface area contributed by atoms with Gasteiger partial charge in [0.05, 0.1) is 18.3 Å². The lowest BCUT2D eigenvalue weighted by molar-refractivity contribution is -0.131. The summed E-state index contributed by atoms with van der Waals surface area (Å²) < 4.78 is 6.58. The van der Waals surface area contributed by atoms with Gasteiger partial charge in [-0.3, -0.25) is 9.36 Å². The van der Waals surface area contributed by atoms with Gasteiger partial charge in [0.2, 0.25) is 5.91 Å². The van der Waals surface area contributed by atoms with Crippen molar-refractivity contribution in [3.63, 3.8) is 0 Å². The van der Waals surface area contributed by atoms with Gasteiger partial charge in [-0.15, -0.1) is 0 Å². The number of hydrogen-bond donors (Lipinski definition) is 5. The Morgan fingerprint density at radius 1 is 1.46 bits per heavy atom. The van der Waals surface area contributed by atoms with Crippen molar-refractivity contribution in [2.45, 2.75) is 31.3 Å². The summed E-state index contributed by atoms with van der Waals surface area (Å²) in [5.41, 5.74) is 5.30. The van der Waals surface area contributed by atoms with Crippen LogP contribution < -0.4 is 16.7 Å². The SMILES string of the molecule is Nc1nc(=O)n([C@H]2C[C@H](O)[C@@H](CO)O2)cc1C#CCCNC(=O)/C=C/C(=O)O. The van der Waals surface area contributed by atoms with Gasteiger partial charge in [-0.25, -0.2) is 9.59 Å². The molecule has 0 bridgehead atoms. The van der Waals surface area contributed by atoms with Crippen molar-refractivity contribution in [1.29, 1.82) is 0 Å². The molecule has 11 heteroatoms. The largest absolute Gasteiger partial charge is 0.478 e. The first-order valence-corrected chi connectivity index (χ1v) is 8.32. The van der Waals surface area contributed by atoms with E-state index in [9.17, 15) is 19.5 Å². The number of carboxylic acid groups (broad SMARTS) is 1. The number of aliphatic carboxylic acids is 1. The monoisotopic (exact) mass is 392 g/mol. The fourth-order valence-corrected chi connectivity index (χ4v) is 2.45. The number of amides is 1. The lowest BCUT2D eigenvalue weighted by Gasteiger charge is -2.15. The number of nitrogens with one attached hydrogen (secondary N) is 1. The molecular formula is C17H20N4O7. The minimum absolute atomic E-state index is 0.0700. The lowest BCUT2D eigenvalue weighted by Crippen LogP contribution is -2.29. The first-order valence-electron chi connectivity index (χ1n) is 8.32. The zero-order valence-electron chi connectivity index (χ0n) is 14.7. The zero-order valence-corrected chi connectivity index (χ0v) is 14.7. The van der Waals surface area contributed by atoms with Crippen molar-refractivity contribution < 1.29 is 29.6 Å². The van der Waals surface area contributed by atoms with E-state index in [2.05, 4.69) is 22.1 Å². The Hall–Kier alpha value is -3.20. The zero-order chi connectivity index (χ0) is 20.7. The highest BCUT2D eigenvalue weighted by molar-refractivity contribution is 5.93. The molecule has 1 aliphatic rings. The first kappa shape index (κ1) is 21.1. The normalized spacial score (nSPS) is 21.3. The Morgan fingerprint density at radius 3 is 2.86 bits per heavy atom. The summed E-state index contributed by atoms with van der Waals surface area (Å²) in [6, 6.07) is 0. The number of carbonyl (C=O) groups is 2. The third-order valence-corrected chi connectivity index (χ3v) is 3.83. The molecule has 1 aromatic rings. The number of aromatic nitrogens is 2. The van der Waals surface area contributed by atoms with E-state index in [0.717, 1.165) is 16.7 Å². The van der Waals surface area contributed by atoms with E-state index < -0.39 is 36.0 Å². The van der Waals surface area contributed by atoms with Crippen LogP contribution in [0.25, 0.3) is 0 Å². The minimum atomic E-state index is -1.22. The quantitative estimate of drug-likeness (QED) is 0.207. The average molecular weight is 392 g/mol. The highest BCUT2D eigenvalue weighted by atomic mass is 16.5. The maximum absolute atomic E-state index is 12.0. The number of ether oxygens (including phenoxy) is 1. The number of carbonyl (C=O) groups excluding carboxylic acids is 1. The summed E-state index contributed by atoms with van der Waals surface area (Å²) in [7, 11) is 0. The van der Waals surface area contributed by atoms with Crippen LogP contribution >= 0.6 is 0 Å². The van der Waals surface area contributed by atoms with Crippen LogP contribution in [0.2, 0.25) is 0 Å². The molecule has 11 nitrogen and oxygen atoms in total. The summed E-state index contributed by atoms with van der Waals surface area (Å²) in [6.07, 6.45) is 0.839. The fourth-order valence-electron chi connectivity index (χ4n) is 2.45. The number of nitrogen functional groups attached to an aromatic ring is 1. The number of anilines is 1. The van der Waals surface area contributed by atoms with Gasteiger partial charge < -0.3 is 31.1 Å². The fraction of sp³-hybridized carbons (Fsp3) is 0.412. The molecule has 2 rings (SSSR count). The van der Waals surface area contributed by atoms with E-state index in [0.29, 0.717) is 0 Å². The second-order valence-electron chi connectivity index (χ2n) is 5.86. The molecule has 3 atom stereocenters. The molecule has 1 saturated heterocycles.